The molecule has 2 aromatic rings. The van der Waals surface area contributed by atoms with E-state index in [-0.39, 0.29) is 35.7 Å². The summed E-state index contributed by atoms with van der Waals surface area (Å²) < 4.78 is 83.4. The zero-order valence-electron chi connectivity index (χ0n) is 15.0. The van der Waals surface area contributed by atoms with Crippen molar-refractivity contribution in [3.63, 3.8) is 0 Å². The van der Waals surface area contributed by atoms with Gasteiger partial charge >= 0.3 is 0 Å². The summed E-state index contributed by atoms with van der Waals surface area (Å²) in [4.78, 5) is -0.210. The number of ether oxygens (including phenoxy) is 1. The fraction of sp³-hybridized carbons (Fsp3) is 0.333. The molecule has 1 aliphatic heterocycles. The molecule has 0 radical (unpaired) electrons. The summed E-state index contributed by atoms with van der Waals surface area (Å²) in [6.07, 6.45) is 0.217. The van der Waals surface area contributed by atoms with Crippen LogP contribution in [-0.2, 0) is 19.9 Å². The summed E-state index contributed by atoms with van der Waals surface area (Å²) in [5.41, 5.74) is 0. The maximum Gasteiger partial charge on any atom is 0.243 e. The highest BCUT2D eigenvalue weighted by molar-refractivity contribution is 7.92. The second kappa shape index (κ2) is 7.76. The molecule has 0 N–H and O–H groups in total. The first-order valence-corrected chi connectivity index (χ1v) is 11.5. The predicted octanol–water partition coefficient (Wildman–Crippen LogP) is 2.60. The minimum absolute atomic E-state index is 0.0264. The van der Waals surface area contributed by atoms with E-state index in [4.69, 9.17) is 4.74 Å². The van der Waals surface area contributed by atoms with Crippen LogP contribution in [0.15, 0.2) is 52.3 Å². The fourth-order valence-corrected chi connectivity index (χ4v) is 6.34. The third-order valence-electron chi connectivity index (χ3n) is 4.76. The highest BCUT2D eigenvalue weighted by atomic mass is 32.2. The topological polar surface area (TPSA) is 80.8 Å². The zero-order valence-corrected chi connectivity index (χ0v) is 16.6. The van der Waals surface area contributed by atoms with E-state index >= 15 is 0 Å². The number of benzene rings is 2. The number of sulfone groups is 1. The number of sulfonamides is 1. The van der Waals surface area contributed by atoms with Gasteiger partial charge in [-0.1, -0.05) is 0 Å². The highest BCUT2D eigenvalue weighted by Gasteiger charge is 2.36. The first kappa shape index (κ1) is 20.7. The van der Waals surface area contributed by atoms with E-state index in [1.54, 1.807) is 12.1 Å². The molecule has 3 rings (SSSR count). The van der Waals surface area contributed by atoms with Crippen molar-refractivity contribution in [2.45, 2.75) is 27.9 Å². The minimum Gasteiger partial charge on any atom is -0.497 e. The molecular formula is C18H19F2NO5S2. The second-order valence-corrected chi connectivity index (χ2v) is 10.6. The van der Waals surface area contributed by atoms with Crippen LogP contribution < -0.4 is 4.74 Å². The summed E-state index contributed by atoms with van der Waals surface area (Å²) in [7, 11) is -6.17. The molecule has 0 bridgehead atoms. The third-order valence-corrected chi connectivity index (χ3v) is 8.93. The smallest absolute Gasteiger partial charge is 0.243 e. The van der Waals surface area contributed by atoms with Gasteiger partial charge in [-0.25, -0.2) is 25.6 Å². The number of halogens is 2. The van der Waals surface area contributed by atoms with Gasteiger partial charge in [0.1, 0.15) is 5.75 Å². The van der Waals surface area contributed by atoms with Crippen molar-refractivity contribution in [2.24, 2.45) is 0 Å². The van der Waals surface area contributed by atoms with Crippen LogP contribution >= 0.6 is 0 Å². The molecule has 0 unspecified atom stereocenters. The van der Waals surface area contributed by atoms with Gasteiger partial charge in [-0.05, 0) is 55.3 Å². The molecule has 28 heavy (non-hydrogen) atoms. The normalized spacial score (nSPS) is 16.8. The van der Waals surface area contributed by atoms with Crippen molar-refractivity contribution in [3.8, 4) is 5.75 Å². The van der Waals surface area contributed by atoms with Crippen LogP contribution in [-0.4, -0.2) is 46.6 Å². The van der Waals surface area contributed by atoms with Gasteiger partial charge in [-0.15, -0.1) is 0 Å². The maximum absolute atomic E-state index is 13.4. The van der Waals surface area contributed by atoms with Crippen molar-refractivity contribution in [1.82, 2.24) is 4.31 Å². The number of piperidine rings is 1. The van der Waals surface area contributed by atoms with Gasteiger partial charge in [0.2, 0.25) is 10.0 Å². The lowest BCUT2D eigenvalue weighted by Gasteiger charge is -2.31. The van der Waals surface area contributed by atoms with Gasteiger partial charge in [-0.3, -0.25) is 0 Å². The average molecular weight is 431 g/mol. The number of rotatable bonds is 5. The Kier molecular flexibility index (Phi) is 5.74. The van der Waals surface area contributed by atoms with Gasteiger partial charge in [-0.2, -0.15) is 4.31 Å². The maximum atomic E-state index is 13.4. The standard InChI is InChI=1S/C18H19F2NO5S2/c1-26-13-2-4-14(5-3-13)27(22,23)15-8-10-21(11-9-15)28(24,25)16-6-7-17(19)18(20)12-16/h2-7,12,15H,8-11H2,1H3. The Balaban J connectivity index is 1.75. The molecule has 0 spiro atoms. The van der Waals surface area contributed by atoms with Crippen molar-refractivity contribution in [1.29, 1.82) is 0 Å². The number of nitrogens with zero attached hydrogens (tertiary/aromatic N) is 1. The van der Waals surface area contributed by atoms with Crippen LogP contribution in [0.25, 0.3) is 0 Å². The lowest BCUT2D eigenvalue weighted by atomic mass is 10.2. The molecule has 1 saturated heterocycles. The minimum atomic E-state index is -4.03. The molecule has 1 aliphatic rings. The largest absolute Gasteiger partial charge is 0.497 e. The van der Waals surface area contributed by atoms with Crippen LogP contribution in [0.1, 0.15) is 12.8 Å². The van der Waals surface area contributed by atoms with Gasteiger partial charge in [0, 0.05) is 13.1 Å². The molecule has 10 heteroatoms. The van der Waals surface area contributed by atoms with Gasteiger partial charge in [0.25, 0.3) is 0 Å². The molecule has 0 amide bonds. The average Bonchev–Trinajstić information content (AvgIpc) is 2.70. The lowest BCUT2D eigenvalue weighted by Crippen LogP contribution is -2.42. The summed E-state index contributed by atoms with van der Waals surface area (Å²) >= 11 is 0. The van der Waals surface area contributed by atoms with Crippen molar-refractivity contribution < 1.29 is 30.4 Å². The summed E-state index contributed by atoms with van der Waals surface area (Å²) in [6, 6.07) is 8.39. The Morgan fingerprint density at radius 1 is 0.893 bits per heavy atom. The molecule has 2 aromatic carbocycles. The SMILES string of the molecule is COc1ccc(S(=O)(=O)C2CCN(S(=O)(=O)c3ccc(F)c(F)c3)CC2)cc1. The Labute approximate surface area is 162 Å². The second-order valence-electron chi connectivity index (χ2n) is 6.40. The predicted molar refractivity (Wildman–Crippen MR) is 98.3 cm³/mol. The first-order valence-electron chi connectivity index (χ1n) is 8.49. The Bertz CT molecular complexity index is 1060. The van der Waals surface area contributed by atoms with Crippen LogP contribution in [0.3, 0.4) is 0 Å². The van der Waals surface area contributed by atoms with Crippen LogP contribution in [0, 0.1) is 11.6 Å². The molecular weight excluding hydrogens is 412 g/mol. The van der Waals surface area contributed by atoms with Crippen molar-refractivity contribution >= 4 is 19.9 Å². The van der Waals surface area contributed by atoms with Crippen molar-refractivity contribution in [2.75, 3.05) is 20.2 Å². The Morgan fingerprint density at radius 2 is 1.46 bits per heavy atom. The van der Waals surface area contributed by atoms with Crippen molar-refractivity contribution in [3.05, 3.63) is 54.1 Å². The zero-order chi connectivity index (χ0) is 20.5. The van der Waals surface area contributed by atoms with Crippen LogP contribution in [0.4, 0.5) is 8.78 Å². The van der Waals surface area contributed by atoms with E-state index in [1.807, 2.05) is 0 Å². The van der Waals surface area contributed by atoms with Gasteiger partial charge in [0.05, 0.1) is 22.2 Å². The molecule has 6 nitrogen and oxygen atoms in total. The third kappa shape index (κ3) is 3.89. The quantitative estimate of drug-likeness (QED) is 0.727. The van der Waals surface area contributed by atoms with E-state index < -0.39 is 36.7 Å². The fourth-order valence-electron chi connectivity index (χ4n) is 3.13. The Morgan fingerprint density at radius 3 is 2.00 bits per heavy atom. The summed E-state index contributed by atoms with van der Waals surface area (Å²) in [5, 5.41) is -0.725. The van der Waals surface area contributed by atoms with Crippen LogP contribution in [0.5, 0.6) is 5.75 Å². The number of hydrogen-bond acceptors (Lipinski definition) is 5. The van der Waals surface area contributed by atoms with E-state index in [2.05, 4.69) is 0 Å². The van der Waals surface area contributed by atoms with Gasteiger partial charge < -0.3 is 4.74 Å². The number of methoxy groups -OCH3 is 1. The Hall–Kier alpha value is -2.04. The number of hydrogen-bond donors (Lipinski definition) is 0. The molecule has 152 valence electrons. The molecule has 0 aliphatic carbocycles. The lowest BCUT2D eigenvalue weighted by molar-refractivity contribution is 0.345. The van der Waals surface area contributed by atoms with E-state index in [0.29, 0.717) is 11.8 Å². The van der Waals surface area contributed by atoms with E-state index in [9.17, 15) is 25.6 Å². The first-order chi connectivity index (χ1) is 13.2. The van der Waals surface area contributed by atoms with Gasteiger partial charge in [0.15, 0.2) is 21.5 Å². The molecule has 0 saturated carbocycles. The highest BCUT2D eigenvalue weighted by Crippen LogP contribution is 2.29. The van der Waals surface area contributed by atoms with Crippen LogP contribution in [0.2, 0.25) is 0 Å². The molecule has 1 heterocycles. The molecule has 0 atom stereocenters. The molecule has 1 fully saturated rings. The van der Waals surface area contributed by atoms with E-state index in [1.165, 1.54) is 19.2 Å². The summed E-state index contributed by atoms with van der Waals surface area (Å²) in [6.45, 7) is -0.0528. The monoisotopic (exact) mass is 431 g/mol. The van der Waals surface area contributed by atoms with E-state index in [0.717, 1.165) is 16.4 Å². The summed E-state index contributed by atoms with van der Waals surface area (Å²) in [5.74, 6) is -1.85. The molecule has 0 aromatic heterocycles.